The number of ether oxygens (including phenoxy) is 2. The summed E-state index contributed by atoms with van der Waals surface area (Å²) in [5, 5.41) is 3.32. The number of rotatable bonds is 6. The van der Waals surface area contributed by atoms with Gasteiger partial charge in [-0.05, 0) is 44.9 Å². The molecule has 112 valence electrons. The minimum absolute atomic E-state index is 0.576. The van der Waals surface area contributed by atoms with Gasteiger partial charge in [-0.15, -0.1) is 0 Å². The van der Waals surface area contributed by atoms with E-state index in [4.69, 9.17) is 9.47 Å². The predicted octanol–water partition coefficient (Wildman–Crippen LogP) is 2.53. The Hall–Kier alpha value is -1.42. The molecule has 2 unspecified atom stereocenters. The number of hydrogen-bond acceptors (Lipinski definition) is 4. The van der Waals surface area contributed by atoms with Crippen LogP contribution in [0.5, 0.6) is 11.5 Å². The van der Waals surface area contributed by atoms with Gasteiger partial charge in [-0.1, -0.05) is 0 Å². The lowest BCUT2D eigenvalue weighted by Gasteiger charge is -2.22. The highest BCUT2D eigenvalue weighted by Gasteiger charge is 2.26. The highest BCUT2D eigenvalue weighted by Crippen LogP contribution is 2.36. The Morgan fingerprint density at radius 3 is 2.80 bits per heavy atom. The van der Waals surface area contributed by atoms with Crippen LogP contribution in [-0.2, 0) is 0 Å². The fourth-order valence-electron chi connectivity index (χ4n) is 2.91. The number of methoxy groups -OCH3 is 2. The lowest BCUT2D eigenvalue weighted by molar-refractivity contribution is 0.402. The molecule has 0 amide bonds. The van der Waals surface area contributed by atoms with E-state index in [9.17, 15) is 0 Å². The molecule has 1 aliphatic heterocycles. The van der Waals surface area contributed by atoms with Crippen molar-refractivity contribution in [1.29, 1.82) is 0 Å². The fraction of sp³-hybridized carbons (Fsp3) is 0.625. The van der Waals surface area contributed by atoms with Crippen LogP contribution >= 0.6 is 0 Å². The molecule has 0 saturated carbocycles. The average molecular weight is 278 g/mol. The first-order valence-corrected chi connectivity index (χ1v) is 7.32. The standard InChI is InChI=1S/C16H26N2O2/c1-12(17-2)9-13-7-8-18(11-13)15-10-14(19-3)5-6-16(15)20-4/h5-6,10,12-13,17H,7-9,11H2,1-4H3. The summed E-state index contributed by atoms with van der Waals surface area (Å²) >= 11 is 0. The van der Waals surface area contributed by atoms with Crippen molar-refractivity contribution in [3.8, 4) is 11.5 Å². The molecule has 1 aromatic carbocycles. The third-order valence-corrected chi connectivity index (χ3v) is 4.19. The van der Waals surface area contributed by atoms with E-state index in [1.165, 1.54) is 12.8 Å². The van der Waals surface area contributed by atoms with Crippen molar-refractivity contribution in [1.82, 2.24) is 5.32 Å². The molecule has 0 spiro atoms. The maximum absolute atomic E-state index is 5.49. The molecule has 0 aliphatic carbocycles. The molecule has 1 saturated heterocycles. The Labute approximate surface area is 122 Å². The predicted molar refractivity (Wildman–Crippen MR) is 83.0 cm³/mol. The Bertz CT molecular complexity index is 436. The molecule has 1 aromatic rings. The molecule has 2 atom stereocenters. The molecule has 0 bridgehead atoms. The Morgan fingerprint density at radius 1 is 1.35 bits per heavy atom. The van der Waals surface area contributed by atoms with Crippen LogP contribution in [-0.4, -0.2) is 40.4 Å². The van der Waals surface area contributed by atoms with Crippen molar-refractivity contribution in [3.05, 3.63) is 18.2 Å². The summed E-state index contributed by atoms with van der Waals surface area (Å²) in [6.45, 7) is 4.43. The van der Waals surface area contributed by atoms with Crippen LogP contribution in [0.4, 0.5) is 5.69 Å². The van der Waals surface area contributed by atoms with Crippen LogP contribution in [0.1, 0.15) is 19.8 Å². The Morgan fingerprint density at radius 2 is 2.15 bits per heavy atom. The molecule has 4 nitrogen and oxygen atoms in total. The summed E-state index contributed by atoms with van der Waals surface area (Å²) in [5.41, 5.74) is 1.14. The molecule has 1 N–H and O–H groups in total. The summed E-state index contributed by atoms with van der Waals surface area (Å²) in [6, 6.07) is 6.58. The number of nitrogens with one attached hydrogen (secondary N) is 1. The van der Waals surface area contributed by atoms with Gasteiger partial charge < -0.3 is 19.7 Å². The van der Waals surface area contributed by atoms with E-state index in [1.807, 2.05) is 19.2 Å². The third-order valence-electron chi connectivity index (χ3n) is 4.19. The van der Waals surface area contributed by atoms with Gasteiger partial charge in [-0.25, -0.2) is 0 Å². The van der Waals surface area contributed by atoms with Gasteiger partial charge in [0.1, 0.15) is 11.5 Å². The van der Waals surface area contributed by atoms with Gasteiger partial charge in [0.2, 0.25) is 0 Å². The first kappa shape index (κ1) is 15.0. The second kappa shape index (κ2) is 6.84. The maximum Gasteiger partial charge on any atom is 0.142 e. The van der Waals surface area contributed by atoms with Gasteiger partial charge in [-0.2, -0.15) is 0 Å². The largest absolute Gasteiger partial charge is 0.497 e. The highest BCUT2D eigenvalue weighted by molar-refractivity contribution is 5.62. The first-order chi connectivity index (χ1) is 9.67. The smallest absolute Gasteiger partial charge is 0.142 e. The topological polar surface area (TPSA) is 33.7 Å². The minimum atomic E-state index is 0.576. The first-order valence-electron chi connectivity index (χ1n) is 7.32. The summed E-state index contributed by atoms with van der Waals surface area (Å²) < 4.78 is 10.8. The van der Waals surface area contributed by atoms with Gasteiger partial charge in [0.25, 0.3) is 0 Å². The molecular formula is C16H26N2O2. The molecule has 0 aromatic heterocycles. The molecule has 2 rings (SSSR count). The lowest BCUT2D eigenvalue weighted by atomic mass is 10.0. The zero-order valence-electron chi connectivity index (χ0n) is 13.0. The molecule has 1 aliphatic rings. The Balaban J connectivity index is 2.08. The van der Waals surface area contributed by atoms with Crippen molar-refractivity contribution in [2.45, 2.75) is 25.8 Å². The van der Waals surface area contributed by atoms with E-state index >= 15 is 0 Å². The van der Waals surface area contributed by atoms with E-state index in [0.29, 0.717) is 6.04 Å². The monoisotopic (exact) mass is 278 g/mol. The fourth-order valence-corrected chi connectivity index (χ4v) is 2.91. The van der Waals surface area contributed by atoms with Crippen molar-refractivity contribution < 1.29 is 9.47 Å². The van der Waals surface area contributed by atoms with Crippen molar-refractivity contribution in [2.24, 2.45) is 5.92 Å². The Kier molecular flexibility index (Phi) is 5.12. The van der Waals surface area contributed by atoms with Crippen LogP contribution in [0, 0.1) is 5.92 Å². The second-order valence-corrected chi connectivity index (χ2v) is 5.56. The number of hydrogen-bond donors (Lipinski definition) is 1. The van der Waals surface area contributed by atoms with E-state index in [0.717, 1.165) is 36.2 Å². The normalized spacial score (nSPS) is 20.0. The van der Waals surface area contributed by atoms with Gasteiger partial charge in [-0.3, -0.25) is 0 Å². The summed E-state index contributed by atoms with van der Waals surface area (Å²) in [5.74, 6) is 2.55. The second-order valence-electron chi connectivity index (χ2n) is 5.56. The van der Waals surface area contributed by atoms with E-state index < -0.39 is 0 Å². The number of anilines is 1. The molecule has 1 fully saturated rings. The van der Waals surface area contributed by atoms with E-state index in [-0.39, 0.29) is 0 Å². The molecule has 1 heterocycles. The van der Waals surface area contributed by atoms with Gasteiger partial charge in [0, 0.05) is 25.2 Å². The van der Waals surface area contributed by atoms with Crippen LogP contribution in [0.2, 0.25) is 0 Å². The SMILES string of the molecule is CNC(C)CC1CCN(c2cc(OC)ccc2OC)C1. The highest BCUT2D eigenvalue weighted by atomic mass is 16.5. The minimum Gasteiger partial charge on any atom is -0.497 e. The van der Waals surface area contributed by atoms with Gasteiger partial charge in [0.05, 0.1) is 19.9 Å². The molecular weight excluding hydrogens is 252 g/mol. The zero-order chi connectivity index (χ0) is 14.5. The van der Waals surface area contributed by atoms with Crippen LogP contribution in [0.25, 0.3) is 0 Å². The average Bonchev–Trinajstić information content (AvgIpc) is 2.94. The summed E-state index contributed by atoms with van der Waals surface area (Å²) in [7, 11) is 5.46. The molecule has 0 radical (unpaired) electrons. The number of nitrogens with zero attached hydrogens (tertiary/aromatic N) is 1. The van der Waals surface area contributed by atoms with Crippen LogP contribution in [0.15, 0.2) is 18.2 Å². The van der Waals surface area contributed by atoms with Crippen molar-refractivity contribution >= 4 is 5.69 Å². The number of benzene rings is 1. The molecule has 4 heteroatoms. The van der Waals surface area contributed by atoms with Gasteiger partial charge in [0.15, 0.2) is 0 Å². The van der Waals surface area contributed by atoms with E-state index in [2.05, 4.69) is 23.2 Å². The van der Waals surface area contributed by atoms with Crippen LogP contribution in [0.3, 0.4) is 0 Å². The maximum atomic E-state index is 5.49. The van der Waals surface area contributed by atoms with Crippen molar-refractivity contribution in [2.75, 3.05) is 39.3 Å². The molecule has 20 heavy (non-hydrogen) atoms. The van der Waals surface area contributed by atoms with Gasteiger partial charge >= 0.3 is 0 Å². The van der Waals surface area contributed by atoms with E-state index in [1.54, 1.807) is 14.2 Å². The third kappa shape index (κ3) is 3.37. The van der Waals surface area contributed by atoms with Crippen molar-refractivity contribution in [3.63, 3.8) is 0 Å². The quantitative estimate of drug-likeness (QED) is 0.867. The summed E-state index contributed by atoms with van der Waals surface area (Å²) in [4.78, 5) is 2.41. The van der Waals surface area contributed by atoms with Crippen LogP contribution < -0.4 is 19.7 Å². The zero-order valence-corrected chi connectivity index (χ0v) is 13.0. The summed E-state index contributed by atoms with van der Waals surface area (Å²) in [6.07, 6.45) is 2.46. The lowest BCUT2D eigenvalue weighted by Crippen LogP contribution is -2.26.